The Hall–Kier alpha value is -1.63. The zero-order valence-corrected chi connectivity index (χ0v) is 12.5. The highest BCUT2D eigenvalue weighted by Crippen LogP contribution is 2.19. The number of halogens is 1. The van der Waals surface area contributed by atoms with Crippen LogP contribution in [0.25, 0.3) is 0 Å². The zero-order valence-electron chi connectivity index (χ0n) is 10.9. The summed E-state index contributed by atoms with van der Waals surface area (Å²) in [6.45, 7) is 1.96. The second kappa shape index (κ2) is 6.69. The minimum atomic E-state index is -0.203. The molecule has 0 fully saturated rings. The largest absolute Gasteiger partial charge is 0.349 e. The molecule has 0 aliphatic carbocycles. The maximum absolute atomic E-state index is 12.1. The topological polar surface area (TPSA) is 80.0 Å². The van der Waals surface area contributed by atoms with Crippen molar-refractivity contribution in [2.75, 3.05) is 5.43 Å². The van der Waals surface area contributed by atoms with Crippen LogP contribution in [-0.2, 0) is 6.42 Å². The van der Waals surface area contributed by atoms with Crippen molar-refractivity contribution in [3.05, 3.63) is 45.2 Å². The van der Waals surface area contributed by atoms with Gasteiger partial charge in [0.05, 0.1) is 10.6 Å². The van der Waals surface area contributed by atoms with Crippen LogP contribution in [0.1, 0.15) is 22.8 Å². The predicted molar refractivity (Wildman–Crippen MR) is 82.0 cm³/mol. The van der Waals surface area contributed by atoms with E-state index in [1.165, 1.54) is 17.8 Å². The van der Waals surface area contributed by atoms with Gasteiger partial charge in [-0.25, -0.2) is 10.8 Å². The molecule has 106 valence electrons. The molecule has 0 saturated heterocycles. The third kappa shape index (κ3) is 3.69. The number of nitrogens with one attached hydrogen (secondary N) is 2. The monoisotopic (exact) mass is 310 g/mol. The molecule has 20 heavy (non-hydrogen) atoms. The van der Waals surface area contributed by atoms with Crippen LogP contribution in [0.5, 0.6) is 0 Å². The van der Waals surface area contributed by atoms with E-state index in [-0.39, 0.29) is 11.9 Å². The Morgan fingerprint density at radius 2 is 2.40 bits per heavy atom. The van der Waals surface area contributed by atoms with Gasteiger partial charge < -0.3 is 10.7 Å². The molecule has 2 aromatic rings. The number of nitrogens with zero attached hydrogens (tertiary/aromatic N) is 1. The third-order valence-electron chi connectivity index (χ3n) is 2.74. The quantitative estimate of drug-likeness (QED) is 0.585. The highest BCUT2D eigenvalue weighted by molar-refractivity contribution is 7.07. The molecule has 1 atom stereocenters. The van der Waals surface area contributed by atoms with Crippen LogP contribution in [0.15, 0.2) is 29.1 Å². The Balaban J connectivity index is 1.99. The van der Waals surface area contributed by atoms with Crippen molar-refractivity contribution in [2.24, 2.45) is 5.84 Å². The van der Waals surface area contributed by atoms with Crippen molar-refractivity contribution < 1.29 is 4.79 Å². The van der Waals surface area contributed by atoms with Gasteiger partial charge in [0.2, 0.25) is 0 Å². The standard InChI is InChI=1S/C13H15ClN4OS/c1-8(4-9-2-3-20-7-9)17-13(19)10-5-11(14)12(18-15)16-6-10/h2-3,5-8H,4,15H2,1H3,(H,16,18)(H,17,19). The molecule has 0 aliphatic rings. The van der Waals surface area contributed by atoms with Crippen LogP contribution in [0.4, 0.5) is 5.82 Å². The Kier molecular flexibility index (Phi) is 4.94. The fourth-order valence-electron chi connectivity index (χ4n) is 1.79. The molecule has 0 saturated carbocycles. The van der Waals surface area contributed by atoms with E-state index in [4.69, 9.17) is 17.4 Å². The fraction of sp³-hybridized carbons (Fsp3) is 0.231. The number of rotatable bonds is 5. The third-order valence-corrected chi connectivity index (χ3v) is 3.76. The smallest absolute Gasteiger partial charge is 0.253 e. The molecule has 4 N–H and O–H groups in total. The van der Waals surface area contributed by atoms with Crippen molar-refractivity contribution in [3.8, 4) is 0 Å². The first-order chi connectivity index (χ1) is 9.60. The number of thiophene rings is 1. The number of nitrogen functional groups attached to an aromatic ring is 1. The summed E-state index contributed by atoms with van der Waals surface area (Å²) in [6.07, 6.45) is 2.23. The van der Waals surface area contributed by atoms with Gasteiger partial charge in [0.25, 0.3) is 5.91 Å². The predicted octanol–water partition coefficient (Wildman–Crippen LogP) is 2.44. The molecule has 5 nitrogen and oxygen atoms in total. The van der Waals surface area contributed by atoms with Gasteiger partial charge in [-0.15, -0.1) is 0 Å². The lowest BCUT2D eigenvalue weighted by Gasteiger charge is -2.13. The molecule has 2 aromatic heterocycles. The normalized spacial score (nSPS) is 11.9. The van der Waals surface area contributed by atoms with Crippen molar-refractivity contribution in [1.82, 2.24) is 10.3 Å². The summed E-state index contributed by atoms with van der Waals surface area (Å²) in [6, 6.07) is 3.62. The number of anilines is 1. The Morgan fingerprint density at radius 3 is 3.00 bits per heavy atom. The molecule has 0 bridgehead atoms. The lowest BCUT2D eigenvalue weighted by atomic mass is 10.1. The first kappa shape index (κ1) is 14.8. The number of hydrazine groups is 1. The van der Waals surface area contributed by atoms with Crippen LogP contribution in [-0.4, -0.2) is 16.9 Å². The van der Waals surface area contributed by atoms with Gasteiger partial charge in [0.1, 0.15) is 0 Å². The van der Waals surface area contributed by atoms with Gasteiger partial charge in [0.15, 0.2) is 5.82 Å². The average Bonchev–Trinajstić information content (AvgIpc) is 2.91. The highest BCUT2D eigenvalue weighted by Gasteiger charge is 2.12. The molecule has 0 aliphatic heterocycles. The van der Waals surface area contributed by atoms with E-state index in [1.807, 2.05) is 18.4 Å². The second-order valence-corrected chi connectivity index (χ2v) is 5.60. The molecular formula is C13H15ClN4OS. The van der Waals surface area contributed by atoms with Crippen molar-refractivity contribution in [3.63, 3.8) is 0 Å². The molecular weight excluding hydrogens is 296 g/mol. The van der Waals surface area contributed by atoms with E-state index in [9.17, 15) is 4.79 Å². The van der Waals surface area contributed by atoms with Gasteiger partial charge in [-0.1, -0.05) is 11.6 Å². The minimum absolute atomic E-state index is 0.0307. The maximum atomic E-state index is 12.1. The number of hydrogen-bond donors (Lipinski definition) is 3. The summed E-state index contributed by atoms with van der Waals surface area (Å²) >= 11 is 7.59. The summed E-state index contributed by atoms with van der Waals surface area (Å²) in [5.41, 5.74) is 3.98. The molecule has 0 spiro atoms. The molecule has 0 radical (unpaired) electrons. The SMILES string of the molecule is CC(Cc1ccsc1)NC(=O)c1cnc(NN)c(Cl)c1. The van der Waals surface area contributed by atoms with E-state index in [2.05, 4.69) is 21.1 Å². The van der Waals surface area contributed by atoms with Gasteiger partial charge >= 0.3 is 0 Å². The van der Waals surface area contributed by atoms with Crippen LogP contribution < -0.4 is 16.6 Å². The zero-order chi connectivity index (χ0) is 14.5. The van der Waals surface area contributed by atoms with Gasteiger partial charge in [-0.2, -0.15) is 11.3 Å². The average molecular weight is 311 g/mol. The summed E-state index contributed by atoms with van der Waals surface area (Å²) in [5.74, 6) is 5.38. The van der Waals surface area contributed by atoms with Crippen molar-refractivity contribution in [1.29, 1.82) is 0 Å². The van der Waals surface area contributed by atoms with E-state index in [1.54, 1.807) is 11.3 Å². The number of pyridine rings is 1. The van der Waals surface area contributed by atoms with Gasteiger partial charge in [-0.05, 0) is 41.8 Å². The molecule has 7 heteroatoms. The molecule has 1 amide bonds. The van der Waals surface area contributed by atoms with E-state index in [0.717, 1.165) is 6.42 Å². The Labute approximate surface area is 126 Å². The number of carbonyl (C=O) groups is 1. The molecule has 2 heterocycles. The summed E-state index contributed by atoms with van der Waals surface area (Å²) in [7, 11) is 0. The van der Waals surface area contributed by atoms with E-state index < -0.39 is 0 Å². The number of amides is 1. The van der Waals surface area contributed by atoms with Crippen LogP contribution >= 0.6 is 22.9 Å². The van der Waals surface area contributed by atoms with Crippen molar-refractivity contribution in [2.45, 2.75) is 19.4 Å². The first-order valence-corrected chi connectivity index (χ1v) is 7.36. The fourth-order valence-corrected chi connectivity index (χ4v) is 2.69. The first-order valence-electron chi connectivity index (χ1n) is 6.04. The van der Waals surface area contributed by atoms with Gasteiger partial charge in [0, 0.05) is 12.2 Å². The maximum Gasteiger partial charge on any atom is 0.253 e. The number of nitrogens with two attached hydrogens (primary N) is 1. The molecule has 0 aromatic carbocycles. The minimum Gasteiger partial charge on any atom is -0.349 e. The summed E-state index contributed by atoms with van der Waals surface area (Å²) in [4.78, 5) is 16.1. The van der Waals surface area contributed by atoms with E-state index in [0.29, 0.717) is 16.4 Å². The molecule has 1 unspecified atom stereocenters. The van der Waals surface area contributed by atoms with Crippen molar-refractivity contribution >= 4 is 34.7 Å². The highest BCUT2D eigenvalue weighted by atomic mass is 35.5. The number of carbonyl (C=O) groups excluding carboxylic acids is 1. The Bertz CT molecular complexity index is 588. The van der Waals surface area contributed by atoms with Crippen LogP contribution in [0.2, 0.25) is 5.02 Å². The van der Waals surface area contributed by atoms with Gasteiger partial charge in [-0.3, -0.25) is 4.79 Å². The number of aromatic nitrogens is 1. The lowest BCUT2D eigenvalue weighted by Crippen LogP contribution is -2.34. The summed E-state index contributed by atoms with van der Waals surface area (Å²) < 4.78 is 0. The lowest BCUT2D eigenvalue weighted by molar-refractivity contribution is 0.0940. The van der Waals surface area contributed by atoms with E-state index >= 15 is 0 Å². The number of hydrogen-bond acceptors (Lipinski definition) is 5. The molecule has 2 rings (SSSR count). The summed E-state index contributed by atoms with van der Waals surface area (Å²) in [5, 5.41) is 7.32. The van der Waals surface area contributed by atoms with Crippen LogP contribution in [0, 0.1) is 0 Å². The van der Waals surface area contributed by atoms with Crippen LogP contribution in [0.3, 0.4) is 0 Å². The second-order valence-electron chi connectivity index (χ2n) is 4.41. The Morgan fingerprint density at radius 1 is 1.60 bits per heavy atom.